The van der Waals surface area contributed by atoms with E-state index in [0.29, 0.717) is 12.0 Å². The normalized spacial score (nSPS) is 10.8. The molecule has 0 bridgehead atoms. The van der Waals surface area contributed by atoms with Crippen LogP contribution in [0.3, 0.4) is 0 Å². The quantitative estimate of drug-likeness (QED) is 0.0731. The summed E-state index contributed by atoms with van der Waals surface area (Å²) < 4.78 is 0. The van der Waals surface area contributed by atoms with Crippen molar-refractivity contribution >= 4 is 18.1 Å². The number of rotatable bonds is 17. The van der Waals surface area contributed by atoms with Crippen molar-refractivity contribution in [2.75, 3.05) is 0 Å². The van der Waals surface area contributed by atoms with Crippen LogP contribution in [0.2, 0.25) is 0 Å². The highest BCUT2D eigenvalue weighted by Crippen LogP contribution is 2.12. The van der Waals surface area contributed by atoms with Crippen molar-refractivity contribution < 1.29 is 15.0 Å². The Morgan fingerprint density at radius 2 is 1.42 bits per heavy atom. The van der Waals surface area contributed by atoms with Crippen LogP contribution in [0, 0.1) is 0 Å². The minimum Gasteiger partial charge on any atom is -0.507 e. The van der Waals surface area contributed by atoms with E-state index in [0.717, 1.165) is 12.8 Å². The second kappa shape index (κ2) is 22.4. The average molecular weight is 461 g/mol. The number of phenols is 1. The van der Waals surface area contributed by atoms with E-state index in [2.05, 4.69) is 29.3 Å². The van der Waals surface area contributed by atoms with Crippen molar-refractivity contribution in [1.82, 2.24) is 0 Å². The molecule has 0 aromatic heterocycles. The molecule has 7 heteroatoms. The molecule has 186 valence electrons. The molecule has 0 atom stereocenters. The molecule has 0 spiro atoms. The minimum atomic E-state index is -0.664. The molecule has 1 aromatic rings. The second-order valence-corrected chi connectivity index (χ2v) is 8.06. The highest BCUT2D eigenvalue weighted by atomic mass is 16.4. The number of hydrogen-bond donors (Lipinski definition) is 4. The molecule has 0 aliphatic heterocycles. The number of aromatic hydroxyl groups is 1. The number of nitrogens with two attached hydrogens (primary N) is 2. The zero-order chi connectivity index (χ0) is 24.6. The van der Waals surface area contributed by atoms with E-state index in [1.54, 1.807) is 24.3 Å². The van der Waals surface area contributed by atoms with Crippen molar-refractivity contribution in [2.45, 2.75) is 96.8 Å². The van der Waals surface area contributed by atoms with E-state index in [-0.39, 0.29) is 11.7 Å². The zero-order valence-corrected chi connectivity index (χ0v) is 20.3. The molecule has 0 heterocycles. The summed E-state index contributed by atoms with van der Waals surface area (Å²) in [5.41, 5.74) is 10.7. The third-order valence-electron chi connectivity index (χ3n) is 4.96. The Kier molecular flexibility index (Phi) is 20.4. The van der Waals surface area contributed by atoms with Crippen LogP contribution in [-0.4, -0.2) is 28.4 Å². The lowest BCUT2D eigenvalue weighted by Gasteiger charge is -1.99. The summed E-state index contributed by atoms with van der Waals surface area (Å²) in [4.78, 5) is 10.3. The standard InChI is InChI=1S/C18H34O2.C8H10N4O/c1-2-3-4-5-6-7-8-9-10-11-12-13-14-15-16-17-18(19)20;9-8(10)12-11-5-6-3-1-2-4-7(6)13/h9-10H,2-8,11-17H2,1H3,(H,19,20);1-5,13H,(H4,9,10,12). The summed E-state index contributed by atoms with van der Waals surface area (Å²) >= 11 is 0. The number of para-hydroxylation sites is 1. The Balaban J connectivity index is 0.000000676. The first-order valence-corrected chi connectivity index (χ1v) is 12.2. The fourth-order valence-electron chi connectivity index (χ4n) is 3.10. The molecule has 7 nitrogen and oxygen atoms in total. The number of hydrogen-bond acceptors (Lipinski definition) is 4. The summed E-state index contributed by atoms with van der Waals surface area (Å²) in [6.07, 6.45) is 22.6. The molecule has 0 radical (unpaired) electrons. The van der Waals surface area contributed by atoms with Crippen molar-refractivity contribution in [3.8, 4) is 5.75 Å². The maximum atomic E-state index is 10.3. The average Bonchev–Trinajstić information content (AvgIpc) is 2.78. The second-order valence-electron chi connectivity index (χ2n) is 8.06. The fraction of sp³-hybridized carbons (Fsp3) is 0.577. The molecule has 6 N–H and O–H groups in total. The van der Waals surface area contributed by atoms with E-state index in [1.807, 2.05) is 0 Å². The SMILES string of the molecule is CCCCCCCCC=CCCCCCCCC(=O)O.NC(N)=NN=Cc1ccccc1O. The van der Waals surface area contributed by atoms with Crippen LogP contribution in [0.4, 0.5) is 0 Å². The summed E-state index contributed by atoms with van der Waals surface area (Å²) in [7, 11) is 0. The van der Waals surface area contributed by atoms with Gasteiger partial charge in [-0.25, -0.2) is 0 Å². The Labute approximate surface area is 199 Å². The van der Waals surface area contributed by atoms with Crippen molar-refractivity contribution in [2.24, 2.45) is 21.7 Å². The molecule has 1 aromatic carbocycles. The third-order valence-corrected chi connectivity index (χ3v) is 4.96. The summed E-state index contributed by atoms with van der Waals surface area (Å²) in [5.74, 6) is -0.647. The van der Waals surface area contributed by atoms with Gasteiger partial charge in [-0.2, -0.15) is 5.10 Å². The molecule has 0 amide bonds. The van der Waals surface area contributed by atoms with Gasteiger partial charge in [-0.3, -0.25) is 4.79 Å². The van der Waals surface area contributed by atoms with E-state index in [1.165, 1.54) is 76.8 Å². The van der Waals surface area contributed by atoms with Gasteiger partial charge in [0, 0.05) is 12.0 Å². The number of nitrogens with zero attached hydrogens (tertiary/aromatic N) is 2. The topological polar surface area (TPSA) is 134 Å². The minimum absolute atomic E-state index is 0.119. The van der Waals surface area contributed by atoms with E-state index >= 15 is 0 Å². The van der Waals surface area contributed by atoms with Crippen molar-refractivity contribution in [3.05, 3.63) is 42.0 Å². The number of benzene rings is 1. The van der Waals surface area contributed by atoms with Gasteiger partial charge in [-0.05, 0) is 44.2 Å². The Hall–Kier alpha value is -2.83. The van der Waals surface area contributed by atoms with Crippen molar-refractivity contribution in [3.63, 3.8) is 0 Å². The zero-order valence-electron chi connectivity index (χ0n) is 20.3. The number of allylic oxidation sites excluding steroid dienone is 2. The van der Waals surface area contributed by atoms with E-state index in [9.17, 15) is 9.90 Å². The van der Waals surface area contributed by atoms with Gasteiger partial charge in [0.25, 0.3) is 0 Å². The Morgan fingerprint density at radius 3 is 1.97 bits per heavy atom. The van der Waals surface area contributed by atoms with Gasteiger partial charge in [0.05, 0.1) is 6.21 Å². The number of phenolic OH excluding ortho intramolecular Hbond substituents is 1. The van der Waals surface area contributed by atoms with Gasteiger partial charge in [0.2, 0.25) is 5.96 Å². The maximum Gasteiger partial charge on any atom is 0.303 e. The lowest BCUT2D eigenvalue weighted by Crippen LogP contribution is -2.21. The van der Waals surface area contributed by atoms with Gasteiger partial charge in [-0.1, -0.05) is 82.6 Å². The fourth-order valence-corrected chi connectivity index (χ4v) is 3.10. The van der Waals surface area contributed by atoms with Crippen LogP contribution >= 0.6 is 0 Å². The van der Waals surface area contributed by atoms with Crippen LogP contribution in [0.1, 0.15) is 102 Å². The molecule has 0 aliphatic rings. The number of carbonyl (C=O) groups is 1. The first-order valence-electron chi connectivity index (χ1n) is 12.2. The molecule has 0 fully saturated rings. The molecule has 0 saturated carbocycles. The number of carboxylic acid groups (broad SMARTS) is 1. The van der Waals surface area contributed by atoms with Crippen LogP contribution in [0.15, 0.2) is 46.6 Å². The van der Waals surface area contributed by atoms with Gasteiger partial charge in [-0.15, -0.1) is 5.10 Å². The lowest BCUT2D eigenvalue weighted by molar-refractivity contribution is -0.137. The highest BCUT2D eigenvalue weighted by Gasteiger charge is 1.96. The van der Waals surface area contributed by atoms with Gasteiger partial charge in [0.15, 0.2) is 0 Å². The first kappa shape index (κ1) is 30.2. The maximum absolute atomic E-state index is 10.3. The van der Waals surface area contributed by atoms with Crippen LogP contribution < -0.4 is 11.5 Å². The number of unbranched alkanes of at least 4 members (excludes halogenated alkanes) is 11. The molecule has 33 heavy (non-hydrogen) atoms. The predicted octanol–water partition coefficient (Wildman–Crippen LogP) is 6.11. The van der Waals surface area contributed by atoms with Gasteiger partial charge in [0.1, 0.15) is 5.75 Å². The highest BCUT2D eigenvalue weighted by molar-refractivity contribution is 5.84. The van der Waals surface area contributed by atoms with Crippen molar-refractivity contribution in [1.29, 1.82) is 0 Å². The molecule has 0 unspecified atom stereocenters. The summed E-state index contributed by atoms with van der Waals surface area (Å²) in [6.45, 7) is 2.26. The number of carboxylic acids is 1. The molecule has 0 saturated heterocycles. The van der Waals surface area contributed by atoms with Gasteiger partial charge < -0.3 is 21.7 Å². The van der Waals surface area contributed by atoms with E-state index < -0.39 is 5.97 Å². The van der Waals surface area contributed by atoms with E-state index in [4.69, 9.17) is 16.6 Å². The third kappa shape index (κ3) is 22.2. The molecule has 1 rings (SSSR count). The smallest absolute Gasteiger partial charge is 0.303 e. The Morgan fingerprint density at radius 1 is 0.879 bits per heavy atom. The summed E-state index contributed by atoms with van der Waals surface area (Å²) in [6, 6.07) is 6.74. The largest absolute Gasteiger partial charge is 0.507 e. The lowest BCUT2D eigenvalue weighted by atomic mass is 10.1. The Bertz CT molecular complexity index is 699. The van der Waals surface area contributed by atoms with Crippen LogP contribution in [-0.2, 0) is 4.79 Å². The predicted molar refractivity (Wildman–Crippen MR) is 139 cm³/mol. The van der Waals surface area contributed by atoms with Gasteiger partial charge >= 0.3 is 5.97 Å². The first-order chi connectivity index (χ1) is 16.0. The monoisotopic (exact) mass is 460 g/mol. The molecule has 0 aliphatic carbocycles. The molecular weight excluding hydrogens is 416 g/mol. The molecular formula is C26H44N4O3. The van der Waals surface area contributed by atoms with Crippen LogP contribution in [0.25, 0.3) is 0 Å². The van der Waals surface area contributed by atoms with Crippen LogP contribution in [0.5, 0.6) is 5.75 Å². The number of guanidine groups is 1. The summed E-state index contributed by atoms with van der Waals surface area (Å²) in [5, 5.41) is 24.7. The number of aliphatic carboxylic acids is 1.